The fourth-order valence-corrected chi connectivity index (χ4v) is 8.89. The maximum absolute atomic E-state index is 5.32. The number of hydrogen-bond acceptors (Lipinski definition) is 7. The van der Waals surface area contributed by atoms with Crippen LogP contribution in [-0.2, 0) is 0 Å². The van der Waals surface area contributed by atoms with Gasteiger partial charge in [-0.3, -0.25) is 19.9 Å². The van der Waals surface area contributed by atoms with Gasteiger partial charge >= 0.3 is 0 Å². The zero-order valence-electron chi connectivity index (χ0n) is 34.3. The highest BCUT2D eigenvalue weighted by molar-refractivity contribution is 6.15. The molecule has 12 rings (SSSR count). The Morgan fingerprint density at radius 1 is 0.266 bits per heavy atom. The molecule has 298 valence electrons. The normalized spacial score (nSPS) is 11.4. The van der Waals surface area contributed by atoms with Crippen molar-refractivity contribution in [1.82, 2.24) is 34.9 Å². The molecule has 0 amide bonds. The first kappa shape index (κ1) is 37.0. The Morgan fingerprint density at radius 2 is 0.656 bits per heavy atom. The lowest BCUT2D eigenvalue weighted by Gasteiger charge is -2.17. The second-order valence-electron chi connectivity index (χ2n) is 15.8. The lowest BCUT2D eigenvalue weighted by molar-refractivity contribution is 1.07. The van der Waals surface area contributed by atoms with E-state index in [-0.39, 0.29) is 0 Å². The molecule has 5 heterocycles. The van der Waals surface area contributed by atoms with Gasteiger partial charge in [-0.05, 0) is 121 Å². The number of benzene rings is 7. The van der Waals surface area contributed by atoms with Crippen LogP contribution in [0.5, 0.6) is 0 Å². The van der Waals surface area contributed by atoms with Crippen LogP contribution in [0.3, 0.4) is 0 Å². The fourth-order valence-electron chi connectivity index (χ4n) is 8.89. The van der Waals surface area contributed by atoms with Crippen molar-refractivity contribution in [3.05, 3.63) is 213 Å². The first-order valence-corrected chi connectivity index (χ1v) is 21.2. The minimum atomic E-state index is 0.557. The van der Waals surface area contributed by atoms with Crippen molar-refractivity contribution in [2.24, 2.45) is 0 Å². The summed E-state index contributed by atoms with van der Waals surface area (Å²) in [4.78, 5) is 34.2. The van der Waals surface area contributed by atoms with Gasteiger partial charge in [0, 0.05) is 64.6 Å². The summed E-state index contributed by atoms with van der Waals surface area (Å²) in [5.41, 5.74) is 12.9. The zero-order valence-corrected chi connectivity index (χ0v) is 34.3. The summed E-state index contributed by atoms with van der Waals surface area (Å²) in [5.74, 6) is 1.70. The molecule has 64 heavy (non-hydrogen) atoms. The van der Waals surface area contributed by atoms with E-state index in [1.54, 1.807) is 12.4 Å². The van der Waals surface area contributed by atoms with Crippen LogP contribution in [0.15, 0.2) is 213 Å². The predicted molar refractivity (Wildman–Crippen MR) is 259 cm³/mol. The summed E-state index contributed by atoms with van der Waals surface area (Å²) in [6.45, 7) is 0. The molecule has 0 fully saturated rings. The van der Waals surface area contributed by atoms with Gasteiger partial charge in [0.15, 0.2) is 17.5 Å². The Bertz CT molecular complexity index is 3360. The Kier molecular flexibility index (Phi) is 9.01. The van der Waals surface area contributed by atoms with Crippen LogP contribution in [0, 0.1) is 0 Å². The molecule has 5 aromatic heterocycles. The molecule has 7 nitrogen and oxygen atoms in total. The first-order chi connectivity index (χ1) is 31.7. The molecule has 0 bridgehead atoms. The summed E-state index contributed by atoms with van der Waals surface area (Å²) < 4.78 is 0. The Hall–Kier alpha value is -8.81. The highest BCUT2D eigenvalue weighted by Gasteiger charge is 2.20. The van der Waals surface area contributed by atoms with E-state index in [9.17, 15) is 0 Å². The van der Waals surface area contributed by atoms with E-state index in [0.29, 0.717) is 17.5 Å². The standard InChI is InChI=1S/C57H35N7/c1-3-13-47-40(9-1)32-51-49(15-7-27-60-51)53(47)44-29-45(54-48-14-4-2-10-41(48)33-52-50(54)16-8-28-61-52)31-46(30-44)57-63-55(38-21-17-36(18-22-38)42-11-5-25-58-34-42)62-56(64-57)39-23-19-37(20-24-39)43-12-6-26-59-35-43/h1-35H. The lowest BCUT2D eigenvalue weighted by Crippen LogP contribution is -2.01. The van der Waals surface area contributed by atoms with Gasteiger partial charge in [0.1, 0.15) is 0 Å². The van der Waals surface area contributed by atoms with Gasteiger partial charge in [-0.15, -0.1) is 0 Å². The molecule has 0 radical (unpaired) electrons. The van der Waals surface area contributed by atoms with E-state index in [4.69, 9.17) is 24.9 Å². The molecule has 0 aliphatic rings. The van der Waals surface area contributed by atoms with Crippen LogP contribution in [0.4, 0.5) is 0 Å². The Balaban J connectivity index is 1.13. The van der Waals surface area contributed by atoms with Gasteiger partial charge in [0.25, 0.3) is 0 Å². The average molecular weight is 818 g/mol. The van der Waals surface area contributed by atoms with Crippen molar-refractivity contribution in [2.45, 2.75) is 0 Å². The number of hydrogen-bond donors (Lipinski definition) is 0. The quantitative estimate of drug-likeness (QED) is 0.148. The van der Waals surface area contributed by atoms with Crippen molar-refractivity contribution in [2.75, 3.05) is 0 Å². The first-order valence-electron chi connectivity index (χ1n) is 21.2. The Labute approximate surface area is 368 Å². The third kappa shape index (κ3) is 6.69. The molecular formula is C57H35N7. The van der Waals surface area contributed by atoms with Crippen LogP contribution < -0.4 is 0 Å². The van der Waals surface area contributed by atoms with Crippen molar-refractivity contribution >= 4 is 43.4 Å². The van der Waals surface area contributed by atoms with Crippen LogP contribution in [-0.4, -0.2) is 34.9 Å². The molecular weight excluding hydrogens is 783 g/mol. The molecule has 7 heteroatoms. The highest BCUT2D eigenvalue weighted by atomic mass is 15.0. The molecule has 0 atom stereocenters. The van der Waals surface area contributed by atoms with E-state index in [1.165, 1.54) is 0 Å². The number of fused-ring (bicyclic) bond motifs is 4. The van der Waals surface area contributed by atoms with Gasteiger partial charge in [0.05, 0.1) is 11.0 Å². The number of pyridine rings is 4. The summed E-state index contributed by atoms with van der Waals surface area (Å²) in [7, 11) is 0. The monoisotopic (exact) mass is 817 g/mol. The summed E-state index contributed by atoms with van der Waals surface area (Å²) in [6, 6.07) is 61.2. The van der Waals surface area contributed by atoms with E-state index in [2.05, 4.69) is 162 Å². The predicted octanol–water partition coefficient (Wildman–Crippen LogP) is 13.7. The third-order valence-electron chi connectivity index (χ3n) is 11.9. The van der Waals surface area contributed by atoms with Crippen molar-refractivity contribution in [3.8, 4) is 78.7 Å². The van der Waals surface area contributed by atoms with E-state index < -0.39 is 0 Å². The van der Waals surface area contributed by atoms with Crippen LogP contribution >= 0.6 is 0 Å². The van der Waals surface area contributed by atoms with Crippen LogP contribution in [0.1, 0.15) is 0 Å². The molecule has 0 aliphatic heterocycles. The topological polar surface area (TPSA) is 90.2 Å². The zero-order chi connectivity index (χ0) is 42.4. The number of nitrogens with zero attached hydrogens (tertiary/aromatic N) is 7. The van der Waals surface area contributed by atoms with Gasteiger partial charge in [-0.1, -0.05) is 121 Å². The van der Waals surface area contributed by atoms with Gasteiger partial charge in [0.2, 0.25) is 0 Å². The molecule has 0 spiro atoms. The number of rotatable bonds is 7. The Morgan fingerprint density at radius 3 is 1.11 bits per heavy atom. The van der Waals surface area contributed by atoms with E-state index in [1.807, 2.05) is 49.1 Å². The molecule has 0 saturated heterocycles. The summed E-state index contributed by atoms with van der Waals surface area (Å²) in [6.07, 6.45) is 11.0. The molecule has 0 aliphatic carbocycles. The largest absolute Gasteiger partial charge is 0.264 e. The van der Waals surface area contributed by atoms with Crippen LogP contribution in [0.25, 0.3) is 122 Å². The molecule has 0 unspecified atom stereocenters. The highest BCUT2D eigenvalue weighted by Crippen LogP contribution is 2.43. The minimum absolute atomic E-state index is 0.557. The third-order valence-corrected chi connectivity index (χ3v) is 11.9. The fraction of sp³-hybridized carbons (Fsp3) is 0. The lowest BCUT2D eigenvalue weighted by atomic mass is 9.88. The van der Waals surface area contributed by atoms with Gasteiger partial charge < -0.3 is 0 Å². The van der Waals surface area contributed by atoms with E-state index >= 15 is 0 Å². The van der Waals surface area contributed by atoms with E-state index in [0.717, 1.165) is 105 Å². The molecule has 12 aromatic rings. The SMILES string of the molecule is c1cncc(-c2ccc(-c3nc(-c4ccc(-c5cccnc5)cc4)nc(-c4cc(-c5c6ccccc6cc6ncccc56)cc(-c5c6ccccc6cc6ncccc56)c4)n3)cc2)c1. The molecule has 7 aromatic carbocycles. The van der Waals surface area contributed by atoms with Crippen molar-refractivity contribution in [3.63, 3.8) is 0 Å². The van der Waals surface area contributed by atoms with Gasteiger partial charge in [-0.25, -0.2) is 15.0 Å². The van der Waals surface area contributed by atoms with Crippen LogP contribution in [0.2, 0.25) is 0 Å². The summed E-state index contributed by atoms with van der Waals surface area (Å²) >= 11 is 0. The van der Waals surface area contributed by atoms with Crippen molar-refractivity contribution < 1.29 is 0 Å². The second kappa shape index (κ2) is 15.6. The van der Waals surface area contributed by atoms with Gasteiger partial charge in [-0.2, -0.15) is 0 Å². The van der Waals surface area contributed by atoms with Crippen molar-refractivity contribution in [1.29, 1.82) is 0 Å². The smallest absolute Gasteiger partial charge is 0.164 e. The number of aromatic nitrogens is 7. The minimum Gasteiger partial charge on any atom is -0.264 e. The maximum atomic E-state index is 5.32. The summed E-state index contributed by atoms with van der Waals surface area (Å²) in [5, 5.41) is 6.63. The average Bonchev–Trinajstić information content (AvgIpc) is 3.37. The molecule has 0 saturated carbocycles. The maximum Gasteiger partial charge on any atom is 0.164 e. The molecule has 0 N–H and O–H groups in total. The second-order valence-corrected chi connectivity index (χ2v) is 15.8.